The maximum Gasteiger partial charge on any atom is 0.106 e. The van der Waals surface area contributed by atoms with Gasteiger partial charge in [-0.05, 0) is 46.0 Å². The van der Waals surface area contributed by atoms with Gasteiger partial charge < -0.3 is 10.0 Å². The number of rotatable bonds is 3. The number of aliphatic hydroxyl groups excluding tert-OH is 1. The lowest BCUT2D eigenvalue weighted by Crippen LogP contribution is -2.46. The Morgan fingerprint density at radius 3 is 2.38 bits per heavy atom. The van der Waals surface area contributed by atoms with E-state index >= 15 is 0 Å². The molecule has 16 heavy (non-hydrogen) atoms. The Kier molecular flexibility index (Phi) is 3.38. The number of aliphatic hydroxyl groups is 1. The molecule has 1 saturated carbocycles. The molecule has 0 amide bonds. The minimum atomic E-state index is -0.330. The molecule has 1 aliphatic rings. The maximum absolute atomic E-state index is 10.6. The van der Waals surface area contributed by atoms with Crippen molar-refractivity contribution in [2.24, 2.45) is 0 Å². The Morgan fingerprint density at radius 2 is 1.94 bits per heavy atom. The smallest absolute Gasteiger partial charge is 0.106 e. The molecule has 1 aromatic rings. The van der Waals surface area contributed by atoms with Crippen LogP contribution in [-0.4, -0.2) is 29.6 Å². The minimum Gasteiger partial charge on any atom is -0.386 e. The Balaban J connectivity index is 2.27. The predicted molar refractivity (Wildman–Crippen MR) is 68.9 cm³/mol. The molecule has 0 saturated heterocycles. The topological polar surface area (TPSA) is 23.5 Å². The van der Waals surface area contributed by atoms with E-state index in [1.165, 1.54) is 17.7 Å². The molecular formula is C13H21NOS. The quantitative estimate of drug-likeness (QED) is 0.876. The fourth-order valence-corrected chi connectivity index (χ4v) is 3.79. The third-order valence-electron chi connectivity index (χ3n) is 3.90. The van der Waals surface area contributed by atoms with Gasteiger partial charge in [-0.25, -0.2) is 0 Å². The number of thiophene rings is 1. The summed E-state index contributed by atoms with van der Waals surface area (Å²) < 4.78 is 0. The van der Waals surface area contributed by atoms with E-state index in [1.54, 1.807) is 11.3 Å². The Hall–Kier alpha value is -0.380. The molecule has 1 fully saturated rings. The summed E-state index contributed by atoms with van der Waals surface area (Å²) in [7, 11) is 4.18. The fraction of sp³-hybridized carbons (Fsp3) is 0.692. The maximum atomic E-state index is 10.6. The van der Waals surface area contributed by atoms with Gasteiger partial charge in [0.2, 0.25) is 0 Å². The molecule has 0 spiro atoms. The first kappa shape index (κ1) is 12.1. The molecule has 2 rings (SSSR count). The van der Waals surface area contributed by atoms with E-state index in [4.69, 9.17) is 0 Å². The van der Waals surface area contributed by atoms with Gasteiger partial charge in [0, 0.05) is 9.75 Å². The highest BCUT2D eigenvalue weighted by molar-refractivity contribution is 7.12. The van der Waals surface area contributed by atoms with Crippen molar-refractivity contribution < 1.29 is 5.11 Å². The molecule has 0 aliphatic heterocycles. The van der Waals surface area contributed by atoms with Crippen LogP contribution in [0.25, 0.3) is 0 Å². The molecular weight excluding hydrogens is 218 g/mol. The second-order valence-electron chi connectivity index (χ2n) is 5.06. The second kappa shape index (κ2) is 4.47. The normalized spacial score (nSPS) is 21.6. The highest BCUT2D eigenvalue weighted by atomic mass is 32.1. The molecule has 1 aromatic heterocycles. The van der Waals surface area contributed by atoms with Crippen LogP contribution in [0.5, 0.6) is 0 Å². The molecule has 1 N–H and O–H groups in total. The number of nitrogens with zero attached hydrogens (tertiary/aromatic N) is 1. The van der Waals surface area contributed by atoms with Gasteiger partial charge >= 0.3 is 0 Å². The van der Waals surface area contributed by atoms with E-state index in [1.807, 2.05) is 0 Å². The monoisotopic (exact) mass is 239 g/mol. The van der Waals surface area contributed by atoms with Gasteiger partial charge in [-0.3, -0.25) is 0 Å². The highest BCUT2D eigenvalue weighted by Crippen LogP contribution is 2.44. The SMILES string of the molecule is Cc1ccc(C(O)C2(N(C)C)CCCC2)s1. The van der Waals surface area contributed by atoms with E-state index < -0.39 is 0 Å². The standard InChI is InChI=1S/C13H21NOS/c1-10-6-7-11(16-10)12(15)13(14(2)3)8-4-5-9-13/h6-7,12,15H,4-5,8-9H2,1-3H3. The Labute approximate surface area is 102 Å². The molecule has 0 aromatic carbocycles. The first-order chi connectivity index (χ1) is 7.56. The van der Waals surface area contributed by atoms with Crippen molar-refractivity contribution in [1.82, 2.24) is 4.90 Å². The number of hydrogen-bond donors (Lipinski definition) is 1. The molecule has 0 bridgehead atoms. The zero-order chi connectivity index (χ0) is 11.8. The molecule has 0 radical (unpaired) electrons. The van der Waals surface area contributed by atoms with Gasteiger partial charge in [0.15, 0.2) is 0 Å². The van der Waals surface area contributed by atoms with Crippen molar-refractivity contribution >= 4 is 11.3 Å². The molecule has 1 unspecified atom stereocenters. The summed E-state index contributed by atoms with van der Waals surface area (Å²) in [5.41, 5.74) is -0.0305. The van der Waals surface area contributed by atoms with Crippen molar-refractivity contribution in [3.8, 4) is 0 Å². The number of aryl methyl sites for hydroxylation is 1. The summed E-state index contributed by atoms with van der Waals surface area (Å²) in [6.45, 7) is 2.10. The molecule has 1 heterocycles. The van der Waals surface area contributed by atoms with Gasteiger partial charge in [-0.15, -0.1) is 11.3 Å². The summed E-state index contributed by atoms with van der Waals surface area (Å²) >= 11 is 1.72. The zero-order valence-electron chi connectivity index (χ0n) is 10.4. The van der Waals surface area contributed by atoms with Crippen molar-refractivity contribution in [3.05, 3.63) is 21.9 Å². The lowest BCUT2D eigenvalue weighted by Gasteiger charge is -2.40. The number of likely N-dealkylation sites (N-methyl/N-ethyl adjacent to an activating group) is 1. The summed E-state index contributed by atoms with van der Waals surface area (Å²) in [6.07, 6.45) is 4.36. The van der Waals surface area contributed by atoms with E-state index in [2.05, 4.69) is 38.1 Å². The minimum absolute atomic E-state index is 0.0305. The van der Waals surface area contributed by atoms with Crippen LogP contribution in [0, 0.1) is 6.92 Å². The predicted octanol–water partition coefficient (Wildman–Crippen LogP) is 2.96. The molecule has 1 aliphatic carbocycles. The third-order valence-corrected chi connectivity index (χ3v) is 4.95. The first-order valence-electron chi connectivity index (χ1n) is 5.98. The van der Waals surface area contributed by atoms with Crippen molar-refractivity contribution in [2.75, 3.05) is 14.1 Å². The Bertz CT molecular complexity index is 353. The van der Waals surface area contributed by atoms with Gasteiger partial charge in [0.1, 0.15) is 6.10 Å². The van der Waals surface area contributed by atoms with Gasteiger partial charge in [0.05, 0.1) is 5.54 Å². The highest BCUT2D eigenvalue weighted by Gasteiger charge is 2.43. The van der Waals surface area contributed by atoms with Crippen LogP contribution in [0.15, 0.2) is 12.1 Å². The summed E-state index contributed by atoms with van der Waals surface area (Å²) in [5, 5.41) is 10.6. The summed E-state index contributed by atoms with van der Waals surface area (Å²) in [5.74, 6) is 0. The molecule has 2 nitrogen and oxygen atoms in total. The Morgan fingerprint density at radius 1 is 1.31 bits per heavy atom. The third kappa shape index (κ3) is 1.92. The van der Waals surface area contributed by atoms with Crippen LogP contribution in [0.4, 0.5) is 0 Å². The second-order valence-corrected chi connectivity index (χ2v) is 6.38. The van der Waals surface area contributed by atoms with Crippen LogP contribution < -0.4 is 0 Å². The van der Waals surface area contributed by atoms with Crippen LogP contribution >= 0.6 is 11.3 Å². The van der Waals surface area contributed by atoms with Gasteiger partial charge in [0.25, 0.3) is 0 Å². The average molecular weight is 239 g/mol. The number of hydrogen-bond acceptors (Lipinski definition) is 3. The zero-order valence-corrected chi connectivity index (χ0v) is 11.2. The average Bonchev–Trinajstić information content (AvgIpc) is 2.85. The van der Waals surface area contributed by atoms with Crippen molar-refractivity contribution in [1.29, 1.82) is 0 Å². The van der Waals surface area contributed by atoms with E-state index in [0.717, 1.165) is 17.7 Å². The summed E-state index contributed by atoms with van der Waals surface area (Å²) in [4.78, 5) is 4.62. The largest absolute Gasteiger partial charge is 0.386 e. The fourth-order valence-electron chi connectivity index (χ4n) is 2.82. The summed E-state index contributed by atoms with van der Waals surface area (Å²) in [6, 6.07) is 4.18. The van der Waals surface area contributed by atoms with Gasteiger partial charge in [-0.2, -0.15) is 0 Å². The van der Waals surface area contributed by atoms with E-state index in [0.29, 0.717) is 0 Å². The first-order valence-corrected chi connectivity index (χ1v) is 6.80. The van der Waals surface area contributed by atoms with Crippen molar-refractivity contribution in [2.45, 2.75) is 44.2 Å². The van der Waals surface area contributed by atoms with E-state index in [9.17, 15) is 5.11 Å². The van der Waals surface area contributed by atoms with Crippen LogP contribution in [0.2, 0.25) is 0 Å². The lowest BCUT2D eigenvalue weighted by molar-refractivity contribution is -0.00257. The van der Waals surface area contributed by atoms with Gasteiger partial charge in [-0.1, -0.05) is 12.8 Å². The van der Waals surface area contributed by atoms with Crippen LogP contribution in [0.1, 0.15) is 41.5 Å². The lowest BCUT2D eigenvalue weighted by atomic mass is 9.88. The van der Waals surface area contributed by atoms with Crippen LogP contribution in [0.3, 0.4) is 0 Å². The van der Waals surface area contributed by atoms with E-state index in [-0.39, 0.29) is 11.6 Å². The molecule has 90 valence electrons. The van der Waals surface area contributed by atoms with Crippen LogP contribution in [-0.2, 0) is 0 Å². The molecule has 1 atom stereocenters. The van der Waals surface area contributed by atoms with Crippen molar-refractivity contribution in [3.63, 3.8) is 0 Å². The molecule has 3 heteroatoms.